The maximum atomic E-state index is 12.1. The van der Waals surface area contributed by atoms with Crippen LogP contribution in [0.1, 0.15) is 10.4 Å². The van der Waals surface area contributed by atoms with Crippen molar-refractivity contribution in [2.75, 3.05) is 5.32 Å². The number of benzene rings is 2. The van der Waals surface area contributed by atoms with Gasteiger partial charge >= 0.3 is 0 Å². The Balaban J connectivity index is 2.27. The van der Waals surface area contributed by atoms with Crippen LogP contribution in [0.4, 0.5) is 5.69 Å². The molecule has 0 bridgehead atoms. The van der Waals surface area contributed by atoms with Gasteiger partial charge in [-0.2, -0.15) is 0 Å². The van der Waals surface area contributed by atoms with E-state index in [1.807, 2.05) is 0 Å². The molecule has 6 heteroatoms. The molecule has 96 valence electrons. The number of nitrogens with one attached hydrogen (secondary N) is 1. The normalized spacial score (nSPS) is 10.2. The lowest BCUT2D eigenvalue weighted by Gasteiger charge is -2.09. The number of hydrogen-bond donors (Lipinski definition) is 2. The zero-order chi connectivity index (χ0) is 14.0. The van der Waals surface area contributed by atoms with Gasteiger partial charge in [0, 0.05) is 15.2 Å². The number of phenolic OH excluding ortho intramolecular Hbond substituents is 1. The lowest BCUT2D eigenvalue weighted by molar-refractivity contribution is 0.102. The van der Waals surface area contributed by atoms with Crippen molar-refractivity contribution in [1.82, 2.24) is 0 Å². The zero-order valence-corrected chi connectivity index (χ0v) is 12.4. The minimum Gasteiger partial charge on any atom is -0.508 e. The maximum absolute atomic E-state index is 12.1. The molecule has 0 saturated carbocycles. The molecule has 0 aromatic heterocycles. The Morgan fingerprint density at radius 3 is 2.53 bits per heavy atom. The largest absolute Gasteiger partial charge is 0.508 e. The third-order valence-corrected chi connectivity index (χ3v) is 3.32. The summed E-state index contributed by atoms with van der Waals surface area (Å²) in [6, 6.07) is 10.1. The third-order valence-electron chi connectivity index (χ3n) is 2.61. The highest BCUT2D eigenvalue weighted by atomic mass is 79.9. The van der Waals surface area contributed by atoms with Crippen molar-refractivity contribution < 1.29 is 9.90 Å². The fourth-order valence-corrected chi connectivity index (χ4v) is 2.34. The minimum absolute atomic E-state index is 0.0188. The van der Waals surface area contributed by atoms with Crippen LogP contribution in [0, 0.1) is 0 Å². The molecule has 0 radical (unpaired) electrons. The fourth-order valence-electron chi connectivity index (χ4n) is 1.64. The Labute approximate surface area is 125 Å². The molecule has 2 N–H and O–H groups in total. The number of rotatable bonds is 2. The van der Waals surface area contributed by atoms with Crippen LogP contribution in [0.5, 0.6) is 5.75 Å². The van der Waals surface area contributed by atoms with Crippen molar-refractivity contribution in [2.24, 2.45) is 0 Å². The number of aromatic hydroxyl groups is 1. The summed E-state index contributed by atoms with van der Waals surface area (Å²) in [5.74, 6) is -0.390. The van der Waals surface area contributed by atoms with E-state index in [4.69, 9.17) is 11.6 Å². The Morgan fingerprint density at radius 2 is 1.89 bits per heavy atom. The topological polar surface area (TPSA) is 49.3 Å². The Morgan fingerprint density at radius 1 is 1.26 bits per heavy atom. The minimum atomic E-state index is -0.371. The molecule has 0 unspecified atom stereocenters. The van der Waals surface area contributed by atoms with E-state index in [9.17, 15) is 9.90 Å². The molecular formula is C13H10BBrClNO2. The third kappa shape index (κ3) is 3.30. The van der Waals surface area contributed by atoms with E-state index >= 15 is 0 Å². The second kappa shape index (κ2) is 5.67. The van der Waals surface area contributed by atoms with Crippen LogP contribution in [0.2, 0.25) is 5.02 Å². The summed E-state index contributed by atoms with van der Waals surface area (Å²) in [5, 5.41) is 13.2. The van der Waals surface area contributed by atoms with E-state index in [0.717, 1.165) is 4.47 Å². The van der Waals surface area contributed by atoms with Crippen LogP contribution in [-0.4, -0.2) is 18.9 Å². The molecule has 0 heterocycles. The summed E-state index contributed by atoms with van der Waals surface area (Å²) in [6.45, 7) is 0. The number of amides is 1. The molecule has 2 aromatic rings. The molecule has 0 atom stereocenters. The number of carbonyl (C=O) groups is 1. The molecule has 2 rings (SSSR count). The highest BCUT2D eigenvalue weighted by Crippen LogP contribution is 2.21. The summed E-state index contributed by atoms with van der Waals surface area (Å²) in [4.78, 5) is 12.1. The van der Waals surface area contributed by atoms with Gasteiger partial charge in [-0.1, -0.05) is 33.6 Å². The quantitative estimate of drug-likeness (QED) is 0.826. The molecule has 3 nitrogen and oxygen atoms in total. The van der Waals surface area contributed by atoms with Crippen molar-refractivity contribution in [3.8, 4) is 5.75 Å². The number of hydrogen-bond acceptors (Lipinski definition) is 2. The molecule has 0 aliphatic heterocycles. The number of anilines is 1. The van der Waals surface area contributed by atoms with Gasteiger partial charge in [0.15, 0.2) is 0 Å². The highest BCUT2D eigenvalue weighted by molar-refractivity contribution is 9.10. The highest BCUT2D eigenvalue weighted by Gasteiger charge is 2.14. The molecule has 19 heavy (non-hydrogen) atoms. The predicted molar refractivity (Wildman–Crippen MR) is 83.4 cm³/mol. The van der Waals surface area contributed by atoms with Gasteiger partial charge in [0.2, 0.25) is 0 Å². The van der Waals surface area contributed by atoms with Gasteiger partial charge in [-0.05, 0) is 35.8 Å². The molecule has 0 saturated heterocycles. The van der Waals surface area contributed by atoms with E-state index in [-0.39, 0.29) is 17.2 Å². The van der Waals surface area contributed by atoms with Gasteiger partial charge in [0.1, 0.15) is 13.6 Å². The van der Waals surface area contributed by atoms with E-state index < -0.39 is 0 Å². The smallest absolute Gasteiger partial charge is 0.259 e. The monoisotopic (exact) mass is 337 g/mol. The molecule has 0 fully saturated rings. The van der Waals surface area contributed by atoms with Crippen molar-refractivity contribution >= 4 is 52.4 Å². The van der Waals surface area contributed by atoms with Crippen molar-refractivity contribution in [3.63, 3.8) is 0 Å². The molecule has 0 spiro atoms. The van der Waals surface area contributed by atoms with E-state index in [1.165, 1.54) is 0 Å². The summed E-state index contributed by atoms with van der Waals surface area (Å²) in [5.41, 5.74) is 1.48. The summed E-state index contributed by atoms with van der Waals surface area (Å²) in [6.07, 6.45) is 0. The van der Waals surface area contributed by atoms with E-state index in [1.54, 1.807) is 44.2 Å². The average Bonchev–Trinajstić information content (AvgIpc) is 2.36. The van der Waals surface area contributed by atoms with E-state index in [0.29, 0.717) is 16.2 Å². The lowest BCUT2D eigenvalue weighted by atomic mass is 9.92. The van der Waals surface area contributed by atoms with Crippen molar-refractivity contribution in [1.29, 1.82) is 0 Å². The van der Waals surface area contributed by atoms with Crippen LogP contribution in [-0.2, 0) is 0 Å². The molecule has 2 aromatic carbocycles. The first-order valence-corrected chi connectivity index (χ1v) is 6.70. The molecule has 0 aliphatic carbocycles. The maximum Gasteiger partial charge on any atom is 0.259 e. The Hall–Kier alpha value is -1.46. The second-order valence-electron chi connectivity index (χ2n) is 4.08. The van der Waals surface area contributed by atoms with Gasteiger partial charge in [0.25, 0.3) is 5.91 Å². The predicted octanol–water partition coefficient (Wildman–Crippen LogP) is 2.32. The number of phenols is 1. The Kier molecular flexibility index (Phi) is 4.17. The zero-order valence-electron chi connectivity index (χ0n) is 10.1. The molecular weight excluding hydrogens is 328 g/mol. The first kappa shape index (κ1) is 14.0. The fraction of sp³-hybridized carbons (Fsp3) is 0. The van der Waals surface area contributed by atoms with Gasteiger partial charge in [0.05, 0.1) is 5.56 Å². The summed E-state index contributed by atoms with van der Waals surface area (Å²) >= 11 is 9.07. The Bertz CT molecular complexity index is 631. The summed E-state index contributed by atoms with van der Waals surface area (Å²) < 4.78 is 0.740. The van der Waals surface area contributed by atoms with Gasteiger partial charge < -0.3 is 10.4 Å². The number of carbonyl (C=O) groups excluding carboxylic acids is 1. The summed E-state index contributed by atoms with van der Waals surface area (Å²) in [7, 11) is 1.74. The van der Waals surface area contributed by atoms with Crippen molar-refractivity contribution in [2.45, 2.75) is 0 Å². The van der Waals surface area contributed by atoms with Crippen LogP contribution in [0.15, 0.2) is 40.9 Å². The van der Waals surface area contributed by atoms with Crippen LogP contribution < -0.4 is 10.8 Å². The van der Waals surface area contributed by atoms with Crippen molar-refractivity contribution in [3.05, 3.63) is 51.5 Å². The molecule has 0 aliphatic rings. The molecule has 1 amide bonds. The number of halogens is 2. The van der Waals surface area contributed by atoms with E-state index in [2.05, 4.69) is 21.2 Å². The first-order chi connectivity index (χ1) is 8.97. The average molecular weight is 338 g/mol. The van der Waals surface area contributed by atoms with Crippen LogP contribution in [0.3, 0.4) is 0 Å². The second-order valence-corrected chi connectivity index (χ2v) is 5.43. The standard InChI is InChI=1S/C13H10BBrClNO2/c14-11-6-7(15)5-10(12(11)18)13(19)17-9-3-1-8(16)2-4-9/h1-6,18H,14H2,(H,17,19). The first-order valence-electron chi connectivity index (χ1n) is 5.53. The van der Waals surface area contributed by atoms with Gasteiger partial charge in [-0.25, -0.2) is 0 Å². The van der Waals surface area contributed by atoms with Gasteiger partial charge in [-0.3, -0.25) is 4.79 Å². The SMILES string of the molecule is Bc1cc(Br)cc(C(=O)Nc2ccc(Cl)cc2)c1O. The van der Waals surface area contributed by atoms with Crippen LogP contribution in [0.25, 0.3) is 0 Å². The lowest BCUT2D eigenvalue weighted by Crippen LogP contribution is -2.16. The van der Waals surface area contributed by atoms with Crippen LogP contribution >= 0.6 is 27.5 Å². The van der Waals surface area contributed by atoms with Gasteiger partial charge in [-0.15, -0.1) is 0 Å².